The van der Waals surface area contributed by atoms with Gasteiger partial charge in [0.05, 0.1) is 6.54 Å². The van der Waals surface area contributed by atoms with E-state index >= 15 is 0 Å². The van der Waals surface area contributed by atoms with Gasteiger partial charge in [-0.05, 0) is 39.5 Å². The average Bonchev–Trinajstić information content (AvgIpc) is 2.81. The first-order chi connectivity index (χ1) is 9.97. The van der Waals surface area contributed by atoms with Gasteiger partial charge in [0.15, 0.2) is 0 Å². The summed E-state index contributed by atoms with van der Waals surface area (Å²) in [5.41, 5.74) is 0.0868. The van der Waals surface area contributed by atoms with Gasteiger partial charge in [0.25, 0.3) is 0 Å². The molecular weight excluding hydrogens is 360 g/mol. The van der Waals surface area contributed by atoms with Crippen LogP contribution in [0.25, 0.3) is 0 Å². The molecule has 4 N–H and O–H groups in total. The summed E-state index contributed by atoms with van der Waals surface area (Å²) in [5, 5.41) is 25.4. The molecule has 0 radical (unpaired) electrons. The molecule has 0 bridgehead atoms. The molecule has 1 aromatic carbocycles. The van der Waals surface area contributed by atoms with Crippen LogP contribution in [0.5, 0.6) is 5.75 Å². The normalized spacial score (nSPS) is 10.1. The maximum absolute atomic E-state index is 11.7. The zero-order valence-electron chi connectivity index (χ0n) is 10.6. The number of benzene rings is 1. The van der Waals surface area contributed by atoms with Gasteiger partial charge in [-0.2, -0.15) is 0 Å². The number of thiophene rings is 1. The zero-order chi connectivity index (χ0) is 15.4. The van der Waals surface area contributed by atoms with Crippen LogP contribution in [-0.4, -0.2) is 22.2 Å². The second-order valence-electron chi connectivity index (χ2n) is 4.04. The predicted octanol–water partition coefficient (Wildman–Crippen LogP) is 3.24. The summed E-state index contributed by atoms with van der Waals surface area (Å²) >= 11 is 4.88. The molecule has 0 aliphatic heterocycles. The van der Waals surface area contributed by atoms with Crippen molar-refractivity contribution in [3.63, 3.8) is 0 Å². The van der Waals surface area contributed by atoms with Gasteiger partial charge in [0.1, 0.15) is 11.3 Å². The Balaban J connectivity index is 1.95. The van der Waals surface area contributed by atoms with Crippen LogP contribution >= 0.6 is 27.3 Å². The lowest BCUT2D eigenvalue weighted by Crippen LogP contribution is -2.27. The number of hydrogen-bond donors (Lipinski definition) is 4. The third-order valence-electron chi connectivity index (χ3n) is 2.59. The molecule has 110 valence electrons. The maximum Gasteiger partial charge on any atom is 0.339 e. The SMILES string of the molecule is O=C(NCc1sccc1Br)Nc1ccc(C(=O)O)c(O)c1. The van der Waals surface area contributed by atoms with E-state index in [0.29, 0.717) is 12.2 Å². The number of halogens is 1. The summed E-state index contributed by atoms with van der Waals surface area (Å²) in [5.74, 6) is -1.63. The molecule has 0 saturated heterocycles. The first-order valence-corrected chi connectivity index (χ1v) is 7.47. The lowest BCUT2D eigenvalue weighted by Gasteiger charge is -2.08. The van der Waals surface area contributed by atoms with Gasteiger partial charge < -0.3 is 20.8 Å². The van der Waals surface area contributed by atoms with E-state index in [1.54, 1.807) is 0 Å². The van der Waals surface area contributed by atoms with E-state index in [2.05, 4.69) is 26.6 Å². The summed E-state index contributed by atoms with van der Waals surface area (Å²) < 4.78 is 0.927. The van der Waals surface area contributed by atoms with Crippen LogP contribution in [-0.2, 0) is 6.54 Å². The van der Waals surface area contributed by atoms with Crippen molar-refractivity contribution in [2.24, 2.45) is 0 Å². The lowest BCUT2D eigenvalue weighted by molar-refractivity contribution is 0.0694. The highest BCUT2D eigenvalue weighted by atomic mass is 79.9. The van der Waals surface area contributed by atoms with Crippen LogP contribution in [0, 0.1) is 0 Å². The minimum Gasteiger partial charge on any atom is -0.507 e. The van der Waals surface area contributed by atoms with Gasteiger partial charge in [-0.3, -0.25) is 0 Å². The van der Waals surface area contributed by atoms with Crippen molar-refractivity contribution in [1.82, 2.24) is 5.32 Å². The fourth-order valence-corrected chi connectivity index (χ4v) is 3.01. The van der Waals surface area contributed by atoms with Crippen molar-refractivity contribution >= 4 is 45.0 Å². The molecule has 0 aliphatic carbocycles. The van der Waals surface area contributed by atoms with Crippen LogP contribution in [0.2, 0.25) is 0 Å². The van der Waals surface area contributed by atoms with Gasteiger partial charge in [0.2, 0.25) is 0 Å². The monoisotopic (exact) mass is 370 g/mol. The number of aromatic carboxylic acids is 1. The molecule has 2 rings (SSSR count). The predicted molar refractivity (Wildman–Crippen MR) is 82.9 cm³/mol. The lowest BCUT2D eigenvalue weighted by atomic mass is 10.2. The molecule has 2 aromatic rings. The van der Waals surface area contributed by atoms with Crippen LogP contribution in [0.3, 0.4) is 0 Å². The topological polar surface area (TPSA) is 98.7 Å². The molecule has 2 amide bonds. The van der Waals surface area contributed by atoms with Crippen molar-refractivity contribution in [3.8, 4) is 5.75 Å². The van der Waals surface area contributed by atoms with E-state index in [9.17, 15) is 14.7 Å². The molecule has 8 heteroatoms. The summed E-state index contributed by atoms with van der Waals surface area (Å²) in [4.78, 5) is 23.5. The molecule has 1 aromatic heterocycles. The Hall–Kier alpha value is -2.06. The summed E-state index contributed by atoms with van der Waals surface area (Å²) in [6, 6.07) is 5.26. The smallest absolute Gasteiger partial charge is 0.339 e. The largest absolute Gasteiger partial charge is 0.507 e. The number of carbonyl (C=O) groups excluding carboxylic acids is 1. The average molecular weight is 371 g/mol. The Morgan fingerprint density at radius 3 is 2.62 bits per heavy atom. The minimum atomic E-state index is -1.23. The summed E-state index contributed by atoms with van der Waals surface area (Å²) in [6.45, 7) is 0.364. The molecule has 21 heavy (non-hydrogen) atoms. The van der Waals surface area contributed by atoms with Crippen molar-refractivity contribution in [1.29, 1.82) is 0 Å². The fraction of sp³-hybridized carbons (Fsp3) is 0.0769. The molecule has 0 fully saturated rings. The van der Waals surface area contributed by atoms with Crippen LogP contribution in [0.1, 0.15) is 15.2 Å². The summed E-state index contributed by atoms with van der Waals surface area (Å²) in [6.07, 6.45) is 0. The fourth-order valence-electron chi connectivity index (χ4n) is 1.58. The molecule has 0 aliphatic rings. The van der Waals surface area contributed by atoms with Crippen LogP contribution in [0.4, 0.5) is 10.5 Å². The number of urea groups is 1. The number of nitrogens with one attached hydrogen (secondary N) is 2. The van der Waals surface area contributed by atoms with Crippen molar-refractivity contribution in [2.45, 2.75) is 6.54 Å². The standard InChI is InChI=1S/C13H11BrN2O4S/c14-9-3-4-21-11(9)6-15-13(20)16-7-1-2-8(12(18)19)10(17)5-7/h1-5,17H,6H2,(H,18,19)(H2,15,16,20). The summed E-state index contributed by atoms with van der Waals surface area (Å²) in [7, 11) is 0. The van der Waals surface area contributed by atoms with Crippen molar-refractivity contribution in [2.75, 3.05) is 5.32 Å². The second kappa shape index (κ2) is 6.59. The molecule has 0 spiro atoms. The van der Waals surface area contributed by atoms with E-state index in [1.807, 2.05) is 11.4 Å². The second-order valence-corrected chi connectivity index (χ2v) is 5.89. The van der Waals surface area contributed by atoms with Crippen LogP contribution in [0.15, 0.2) is 34.1 Å². The Morgan fingerprint density at radius 1 is 1.29 bits per heavy atom. The highest BCUT2D eigenvalue weighted by molar-refractivity contribution is 9.10. The third-order valence-corrected chi connectivity index (χ3v) is 4.51. The van der Waals surface area contributed by atoms with Gasteiger partial charge in [-0.25, -0.2) is 9.59 Å². The van der Waals surface area contributed by atoms with Crippen LogP contribution < -0.4 is 10.6 Å². The van der Waals surface area contributed by atoms with E-state index in [4.69, 9.17) is 5.11 Å². The number of amides is 2. The van der Waals surface area contributed by atoms with E-state index in [1.165, 1.54) is 29.5 Å². The first kappa shape index (κ1) is 15.3. The van der Waals surface area contributed by atoms with Crippen molar-refractivity contribution in [3.05, 3.63) is 44.6 Å². The number of aromatic hydroxyl groups is 1. The molecule has 0 saturated carbocycles. The molecule has 0 unspecified atom stereocenters. The third kappa shape index (κ3) is 3.96. The minimum absolute atomic E-state index is 0.219. The maximum atomic E-state index is 11.7. The highest BCUT2D eigenvalue weighted by Gasteiger charge is 2.11. The number of carboxylic acids is 1. The first-order valence-electron chi connectivity index (χ1n) is 5.80. The zero-order valence-corrected chi connectivity index (χ0v) is 13.0. The Labute approximate surface area is 132 Å². The molecular formula is C13H11BrN2O4S. The number of carboxylic acid groups (broad SMARTS) is 1. The number of rotatable bonds is 4. The molecule has 6 nitrogen and oxygen atoms in total. The number of hydrogen-bond acceptors (Lipinski definition) is 4. The highest BCUT2D eigenvalue weighted by Crippen LogP contribution is 2.23. The van der Waals surface area contributed by atoms with E-state index in [0.717, 1.165) is 9.35 Å². The number of phenols is 1. The van der Waals surface area contributed by atoms with Gasteiger partial charge >= 0.3 is 12.0 Å². The Morgan fingerprint density at radius 2 is 2.05 bits per heavy atom. The van der Waals surface area contributed by atoms with Gasteiger partial charge in [-0.1, -0.05) is 0 Å². The molecule has 0 atom stereocenters. The van der Waals surface area contributed by atoms with Gasteiger partial charge in [-0.15, -0.1) is 11.3 Å². The van der Waals surface area contributed by atoms with Gasteiger partial charge in [0, 0.05) is 21.1 Å². The van der Waals surface area contributed by atoms with Crippen molar-refractivity contribution < 1.29 is 19.8 Å². The Kier molecular flexibility index (Phi) is 4.81. The van der Waals surface area contributed by atoms with E-state index < -0.39 is 17.7 Å². The van der Waals surface area contributed by atoms with E-state index in [-0.39, 0.29) is 5.56 Å². The molecule has 1 heterocycles. The quantitative estimate of drug-likeness (QED) is 0.663. The number of anilines is 1. The number of carbonyl (C=O) groups is 2. The Bertz CT molecular complexity index is 687.